The summed E-state index contributed by atoms with van der Waals surface area (Å²) in [6.07, 6.45) is 4.91. The van der Waals surface area contributed by atoms with E-state index in [-0.39, 0.29) is 0 Å². The largest absolute Gasteiger partial charge is 0.0795 e. The molecular weight excluding hydrogens is 234 g/mol. The van der Waals surface area contributed by atoms with Gasteiger partial charge in [-0.3, -0.25) is 0 Å². The van der Waals surface area contributed by atoms with Crippen LogP contribution in [0, 0.1) is 6.92 Å². The summed E-state index contributed by atoms with van der Waals surface area (Å²) in [6.45, 7) is 2.07. The van der Waals surface area contributed by atoms with Gasteiger partial charge in [0.1, 0.15) is 0 Å². The summed E-state index contributed by atoms with van der Waals surface area (Å²) in [5.74, 6) is 0. The zero-order chi connectivity index (χ0) is 13.5. The molecule has 0 amide bonds. The van der Waals surface area contributed by atoms with Crippen LogP contribution in [0.3, 0.4) is 0 Å². The van der Waals surface area contributed by atoms with E-state index in [4.69, 9.17) is 5.53 Å². The minimum absolute atomic E-state index is 0.693. The van der Waals surface area contributed by atoms with Crippen molar-refractivity contribution in [3.8, 4) is 0 Å². The Bertz CT molecular complexity index is 621. The number of hydrogen-bond donors (Lipinski definition) is 0. The average Bonchev–Trinajstić information content (AvgIpc) is 2.43. The van der Waals surface area contributed by atoms with Crippen LogP contribution in [0.1, 0.15) is 16.7 Å². The van der Waals surface area contributed by atoms with E-state index < -0.39 is 0 Å². The highest BCUT2D eigenvalue weighted by Gasteiger charge is 1.96. The number of nitrogens with zero attached hydrogens (tertiary/aromatic N) is 3. The molecule has 0 fully saturated rings. The van der Waals surface area contributed by atoms with E-state index in [0.717, 1.165) is 12.0 Å². The van der Waals surface area contributed by atoms with Gasteiger partial charge in [-0.1, -0.05) is 71.4 Å². The molecule has 0 radical (unpaired) electrons. The van der Waals surface area contributed by atoms with Crippen molar-refractivity contribution in [3.05, 3.63) is 81.7 Å². The van der Waals surface area contributed by atoms with Crippen LogP contribution < -0.4 is 0 Å². The van der Waals surface area contributed by atoms with Crippen molar-refractivity contribution in [3.63, 3.8) is 0 Å². The molecule has 0 atom stereocenters. The van der Waals surface area contributed by atoms with Crippen LogP contribution in [0.5, 0.6) is 0 Å². The summed E-state index contributed by atoms with van der Waals surface area (Å²) < 4.78 is 0. The van der Waals surface area contributed by atoms with Crippen LogP contribution in [-0.2, 0) is 6.42 Å². The molecule has 0 aromatic heterocycles. The summed E-state index contributed by atoms with van der Waals surface area (Å²) in [4.78, 5) is 2.84. The van der Waals surface area contributed by atoms with Crippen LogP contribution in [0.25, 0.3) is 16.5 Å². The van der Waals surface area contributed by atoms with E-state index in [9.17, 15) is 0 Å². The smallest absolute Gasteiger partial charge is 0.0410 e. The average molecular weight is 249 g/mol. The molecule has 0 aliphatic carbocycles. The Labute approximate surface area is 112 Å². The lowest BCUT2D eigenvalue weighted by Gasteiger charge is -2.01. The van der Waals surface area contributed by atoms with Gasteiger partial charge in [-0.2, -0.15) is 0 Å². The minimum atomic E-state index is 0.693. The van der Waals surface area contributed by atoms with Gasteiger partial charge in [0, 0.05) is 10.6 Å². The Balaban J connectivity index is 2.10. The first-order valence-electron chi connectivity index (χ1n) is 6.16. The van der Waals surface area contributed by atoms with Gasteiger partial charge in [0.2, 0.25) is 0 Å². The highest BCUT2D eigenvalue weighted by Crippen LogP contribution is 2.20. The second kappa shape index (κ2) is 6.43. The maximum Gasteiger partial charge on any atom is 0.0410 e. The first-order valence-corrected chi connectivity index (χ1v) is 6.16. The third-order valence-electron chi connectivity index (χ3n) is 2.87. The molecule has 0 N–H and O–H groups in total. The number of allylic oxidation sites excluding steroid dienone is 1. The fourth-order valence-corrected chi connectivity index (χ4v) is 1.83. The Kier molecular flexibility index (Phi) is 4.38. The first kappa shape index (κ1) is 12.9. The van der Waals surface area contributed by atoms with Crippen LogP contribution in [0.15, 0.2) is 59.7 Å². The molecule has 3 heteroatoms. The van der Waals surface area contributed by atoms with Crippen molar-refractivity contribution >= 4 is 11.8 Å². The fourth-order valence-electron chi connectivity index (χ4n) is 1.83. The zero-order valence-corrected chi connectivity index (χ0v) is 10.8. The molecule has 0 heterocycles. The molecule has 0 unspecified atom stereocenters. The zero-order valence-electron chi connectivity index (χ0n) is 10.8. The summed E-state index contributed by atoms with van der Waals surface area (Å²) in [5.41, 5.74) is 12.7. The van der Waals surface area contributed by atoms with Crippen molar-refractivity contribution in [2.75, 3.05) is 0 Å². The monoisotopic (exact) mass is 249 g/mol. The van der Waals surface area contributed by atoms with Crippen LogP contribution in [0.4, 0.5) is 5.69 Å². The second-order valence-corrected chi connectivity index (χ2v) is 4.34. The topological polar surface area (TPSA) is 48.8 Å². The van der Waals surface area contributed by atoms with Crippen LogP contribution in [-0.4, -0.2) is 0 Å². The SMILES string of the molecule is Cc1ccc(/C=C\Cc2ccccc2N=[N+]=[N-])cc1. The molecule has 0 bridgehead atoms. The number of aryl methyl sites for hydroxylation is 1. The first-order chi connectivity index (χ1) is 9.29. The van der Waals surface area contributed by atoms with Crippen molar-refractivity contribution in [1.29, 1.82) is 0 Å². The van der Waals surface area contributed by atoms with Crippen LogP contribution in [0.2, 0.25) is 0 Å². The summed E-state index contributed by atoms with van der Waals surface area (Å²) in [6, 6.07) is 16.0. The molecular formula is C16H15N3. The lowest BCUT2D eigenvalue weighted by Crippen LogP contribution is -1.81. The van der Waals surface area contributed by atoms with Gasteiger partial charge in [-0.05, 0) is 30.0 Å². The van der Waals surface area contributed by atoms with Gasteiger partial charge in [0.25, 0.3) is 0 Å². The molecule has 94 valence electrons. The van der Waals surface area contributed by atoms with E-state index in [1.165, 1.54) is 11.1 Å². The van der Waals surface area contributed by atoms with E-state index in [2.05, 4.69) is 53.4 Å². The van der Waals surface area contributed by atoms with Gasteiger partial charge >= 0.3 is 0 Å². The van der Waals surface area contributed by atoms with Crippen molar-refractivity contribution in [1.82, 2.24) is 0 Å². The molecule has 0 saturated carbocycles. The number of azide groups is 1. The maximum atomic E-state index is 8.51. The Hall–Kier alpha value is -2.51. The highest BCUT2D eigenvalue weighted by atomic mass is 15.1. The number of benzene rings is 2. The van der Waals surface area contributed by atoms with Gasteiger partial charge in [0.05, 0.1) is 0 Å². The van der Waals surface area contributed by atoms with E-state index in [1.54, 1.807) is 0 Å². The quantitative estimate of drug-likeness (QED) is 0.406. The molecule has 0 saturated heterocycles. The Morgan fingerprint density at radius 2 is 1.84 bits per heavy atom. The van der Waals surface area contributed by atoms with Gasteiger partial charge in [-0.25, -0.2) is 0 Å². The number of hydrogen-bond acceptors (Lipinski definition) is 1. The molecule has 19 heavy (non-hydrogen) atoms. The van der Waals surface area contributed by atoms with E-state index in [1.807, 2.05) is 24.3 Å². The summed E-state index contributed by atoms with van der Waals surface area (Å²) >= 11 is 0. The Morgan fingerprint density at radius 1 is 1.11 bits per heavy atom. The molecule has 2 aromatic rings. The predicted molar refractivity (Wildman–Crippen MR) is 79.2 cm³/mol. The lowest BCUT2D eigenvalue weighted by molar-refractivity contribution is 1.25. The van der Waals surface area contributed by atoms with Crippen LogP contribution >= 0.6 is 0 Å². The Morgan fingerprint density at radius 3 is 2.58 bits per heavy atom. The van der Waals surface area contributed by atoms with Crippen molar-refractivity contribution < 1.29 is 0 Å². The van der Waals surface area contributed by atoms with E-state index in [0.29, 0.717) is 5.69 Å². The maximum absolute atomic E-state index is 8.51. The van der Waals surface area contributed by atoms with Gasteiger partial charge < -0.3 is 0 Å². The number of rotatable bonds is 4. The van der Waals surface area contributed by atoms with Gasteiger partial charge in [-0.15, -0.1) is 0 Å². The molecule has 3 nitrogen and oxygen atoms in total. The lowest BCUT2D eigenvalue weighted by atomic mass is 10.1. The molecule has 0 spiro atoms. The van der Waals surface area contributed by atoms with Crippen molar-refractivity contribution in [2.24, 2.45) is 5.11 Å². The predicted octanol–water partition coefficient (Wildman–Crippen LogP) is 5.19. The van der Waals surface area contributed by atoms with Gasteiger partial charge in [0.15, 0.2) is 0 Å². The molecule has 0 aliphatic heterocycles. The normalized spacial score (nSPS) is 10.4. The molecule has 0 aliphatic rings. The van der Waals surface area contributed by atoms with E-state index >= 15 is 0 Å². The third kappa shape index (κ3) is 3.73. The summed E-state index contributed by atoms with van der Waals surface area (Å²) in [7, 11) is 0. The molecule has 2 aromatic carbocycles. The van der Waals surface area contributed by atoms with Crippen molar-refractivity contribution in [2.45, 2.75) is 13.3 Å². The standard InChI is InChI=1S/C16H15N3/c1-13-9-11-14(12-10-13)5-4-7-15-6-2-3-8-16(15)18-19-17/h2-6,8-12H,7H2,1H3/b5-4-. The molecule has 2 rings (SSSR count). The summed E-state index contributed by atoms with van der Waals surface area (Å²) in [5, 5.41) is 3.69. The minimum Gasteiger partial charge on any atom is -0.0795 e. The second-order valence-electron chi connectivity index (χ2n) is 4.34. The highest BCUT2D eigenvalue weighted by molar-refractivity contribution is 5.52. The third-order valence-corrected chi connectivity index (χ3v) is 2.87. The fraction of sp³-hybridized carbons (Fsp3) is 0.125.